The van der Waals surface area contributed by atoms with Gasteiger partial charge in [0, 0.05) is 45.8 Å². The molecule has 112 valence electrons. The largest absolute Gasteiger partial charge is 0.388 e. The second kappa shape index (κ2) is 6.80. The van der Waals surface area contributed by atoms with Crippen LogP contribution in [-0.2, 0) is 16.1 Å². The van der Waals surface area contributed by atoms with E-state index in [1.54, 1.807) is 13.2 Å². The molecule has 1 aliphatic rings. The molecule has 1 aromatic heterocycles. The van der Waals surface area contributed by atoms with Crippen molar-refractivity contribution < 1.29 is 14.6 Å². The zero-order chi connectivity index (χ0) is 14.4. The second-order valence-corrected chi connectivity index (χ2v) is 4.82. The monoisotopic (exact) mass is 283 g/mol. The Bertz CT molecular complexity index is 437. The third kappa shape index (κ3) is 4.01. The van der Waals surface area contributed by atoms with Gasteiger partial charge in [0.25, 0.3) is 0 Å². The molecule has 2 heterocycles. The molecule has 0 unspecified atom stereocenters. The van der Waals surface area contributed by atoms with Crippen LogP contribution in [0.15, 0.2) is 6.07 Å². The Kier molecular flexibility index (Phi) is 5.07. The van der Waals surface area contributed by atoms with Crippen molar-refractivity contribution in [2.75, 3.05) is 37.6 Å². The van der Waals surface area contributed by atoms with Gasteiger partial charge in [-0.3, -0.25) is 0 Å². The fourth-order valence-electron chi connectivity index (χ4n) is 2.04. The summed E-state index contributed by atoms with van der Waals surface area (Å²) in [4.78, 5) is 8.46. The van der Waals surface area contributed by atoms with Gasteiger partial charge in [0.2, 0.25) is 0 Å². The highest BCUT2D eigenvalue weighted by atomic mass is 16.5. The SMILES string of the molecule is COCc1nc(NN)cc(NCC2(O)CCOCC2)n1. The van der Waals surface area contributed by atoms with Gasteiger partial charge in [-0.15, -0.1) is 0 Å². The normalized spacial score (nSPS) is 17.8. The first kappa shape index (κ1) is 14.9. The van der Waals surface area contributed by atoms with E-state index in [1.807, 2.05) is 0 Å². The second-order valence-electron chi connectivity index (χ2n) is 4.82. The number of aliphatic hydroxyl groups is 1. The molecule has 0 atom stereocenters. The molecule has 20 heavy (non-hydrogen) atoms. The molecule has 0 aliphatic carbocycles. The van der Waals surface area contributed by atoms with Crippen LogP contribution in [0, 0.1) is 0 Å². The van der Waals surface area contributed by atoms with Gasteiger partial charge in [-0.1, -0.05) is 0 Å². The summed E-state index contributed by atoms with van der Waals surface area (Å²) in [7, 11) is 1.57. The van der Waals surface area contributed by atoms with Gasteiger partial charge >= 0.3 is 0 Å². The van der Waals surface area contributed by atoms with Gasteiger partial charge in [0.05, 0.1) is 5.60 Å². The van der Waals surface area contributed by atoms with E-state index in [2.05, 4.69) is 20.7 Å². The number of anilines is 2. The summed E-state index contributed by atoms with van der Waals surface area (Å²) in [5.41, 5.74) is 1.72. The minimum Gasteiger partial charge on any atom is -0.388 e. The van der Waals surface area contributed by atoms with E-state index < -0.39 is 5.60 Å². The Hall–Kier alpha value is -1.48. The smallest absolute Gasteiger partial charge is 0.158 e. The van der Waals surface area contributed by atoms with Crippen molar-refractivity contribution in [1.82, 2.24) is 9.97 Å². The van der Waals surface area contributed by atoms with Gasteiger partial charge < -0.3 is 25.3 Å². The van der Waals surface area contributed by atoms with Gasteiger partial charge in [-0.2, -0.15) is 0 Å². The summed E-state index contributed by atoms with van der Waals surface area (Å²) in [6.45, 7) is 1.85. The summed E-state index contributed by atoms with van der Waals surface area (Å²) in [6, 6.07) is 1.68. The molecule has 0 radical (unpaired) electrons. The Morgan fingerprint density at radius 2 is 2.10 bits per heavy atom. The summed E-state index contributed by atoms with van der Waals surface area (Å²) in [6.07, 6.45) is 1.22. The van der Waals surface area contributed by atoms with Crippen LogP contribution in [0.4, 0.5) is 11.6 Å². The van der Waals surface area contributed by atoms with Crippen LogP contribution in [0.5, 0.6) is 0 Å². The minimum absolute atomic E-state index is 0.294. The number of aromatic nitrogens is 2. The summed E-state index contributed by atoms with van der Waals surface area (Å²) in [5.74, 6) is 6.98. The number of rotatable bonds is 6. The van der Waals surface area contributed by atoms with Gasteiger partial charge in [-0.25, -0.2) is 15.8 Å². The van der Waals surface area contributed by atoms with Crippen LogP contribution in [0.2, 0.25) is 0 Å². The van der Waals surface area contributed by atoms with Crippen LogP contribution in [0.3, 0.4) is 0 Å². The molecular weight excluding hydrogens is 262 g/mol. The Labute approximate surface area is 117 Å². The first-order valence-corrected chi connectivity index (χ1v) is 6.53. The Balaban J connectivity index is 2.02. The van der Waals surface area contributed by atoms with Crippen LogP contribution >= 0.6 is 0 Å². The number of methoxy groups -OCH3 is 1. The number of ether oxygens (including phenoxy) is 2. The topological polar surface area (TPSA) is 115 Å². The van der Waals surface area contributed by atoms with E-state index in [0.29, 0.717) is 56.7 Å². The maximum Gasteiger partial charge on any atom is 0.158 e. The van der Waals surface area contributed by atoms with E-state index in [0.717, 1.165) is 0 Å². The van der Waals surface area contributed by atoms with Crippen molar-refractivity contribution in [3.63, 3.8) is 0 Å². The molecular formula is C12H21N5O3. The average molecular weight is 283 g/mol. The van der Waals surface area contributed by atoms with E-state index >= 15 is 0 Å². The predicted molar refractivity (Wildman–Crippen MR) is 74.0 cm³/mol. The Morgan fingerprint density at radius 3 is 2.75 bits per heavy atom. The van der Waals surface area contributed by atoms with Gasteiger partial charge in [-0.05, 0) is 0 Å². The van der Waals surface area contributed by atoms with Gasteiger partial charge in [0.15, 0.2) is 5.82 Å². The lowest BCUT2D eigenvalue weighted by molar-refractivity contribution is -0.0543. The van der Waals surface area contributed by atoms with E-state index in [-0.39, 0.29) is 0 Å². The molecule has 5 N–H and O–H groups in total. The maximum absolute atomic E-state index is 10.4. The lowest BCUT2D eigenvalue weighted by Crippen LogP contribution is -2.42. The maximum atomic E-state index is 10.4. The summed E-state index contributed by atoms with van der Waals surface area (Å²) in [5, 5.41) is 13.5. The van der Waals surface area contributed by atoms with Crippen LogP contribution < -0.4 is 16.6 Å². The van der Waals surface area contributed by atoms with Crippen molar-refractivity contribution in [3.8, 4) is 0 Å². The minimum atomic E-state index is -0.763. The number of hydrazine groups is 1. The van der Waals surface area contributed by atoms with Crippen molar-refractivity contribution in [1.29, 1.82) is 0 Å². The van der Waals surface area contributed by atoms with Crippen LogP contribution in [-0.4, -0.2) is 47.5 Å². The summed E-state index contributed by atoms with van der Waals surface area (Å²) < 4.78 is 10.3. The zero-order valence-electron chi connectivity index (χ0n) is 11.6. The standard InChI is InChI=1S/C12H21N5O3/c1-19-7-11-15-9(6-10(16-11)17-13)14-8-12(18)2-4-20-5-3-12/h6,18H,2-5,7-8,13H2,1H3,(H2,14,15,16,17). The third-order valence-corrected chi connectivity index (χ3v) is 3.22. The first-order valence-electron chi connectivity index (χ1n) is 6.53. The molecule has 1 aliphatic heterocycles. The van der Waals surface area contributed by atoms with Crippen LogP contribution in [0.1, 0.15) is 18.7 Å². The molecule has 0 saturated carbocycles. The van der Waals surface area contributed by atoms with Crippen molar-refractivity contribution in [2.24, 2.45) is 5.84 Å². The third-order valence-electron chi connectivity index (χ3n) is 3.22. The molecule has 1 fully saturated rings. The van der Waals surface area contributed by atoms with E-state index in [1.165, 1.54) is 0 Å². The molecule has 8 heteroatoms. The van der Waals surface area contributed by atoms with Crippen molar-refractivity contribution >= 4 is 11.6 Å². The number of hydrogen-bond donors (Lipinski definition) is 4. The van der Waals surface area contributed by atoms with E-state index in [9.17, 15) is 5.11 Å². The number of nitrogens with two attached hydrogens (primary N) is 1. The molecule has 1 saturated heterocycles. The molecule has 0 bridgehead atoms. The molecule has 0 amide bonds. The van der Waals surface area contributed by atoms with E-state index in [4.69, 9.17) is 15.3 Å². The first-order chi connectivity index (χ1) is 9.65. The lowest BCUT2D eigenvalue weighted by atomic mass is 9.94. The number of nitrogens with zero attached hydrogens (tertiary/aromatic N) is 2. The molecule has 2 rings (SSSR count). The average Bonchev–Trinajstić information content (AvgIpc) is 2.46. The fourth-order valence-corrected chi connectivity index (χ4v) is 2.04. The predicted octanol–water partition coefficient (Wildman–Crippen LogP) is -0.138. The number of nitrogens with one attached hydrogen (secondary N) is 2. The highest BCUT2D eigenvalue weighted by Gasteiger charge is 2.29. The Morgan fingerprint density at radius 1 is 1.40 bits per heavy atom. The molecule has 0 aromatic carbocycles. The van der Waals surface area contributed by atoms with Gasteiger partial charge in [0.1, 0.15) is 18.2 Å². The molecule has 0 spiro atoms. The quantitative estimate of drug-likeness (QED) is 0.421. The lowest BCUT2D eigenvalue weighted by Gasteiger charge is -2.32. The highest BCUT2D eigenvalue weighted by Crippen LogP contribution is 2.21. The summed E-state index contributed by atoms with van der Waals surface area (Å²) >= 11 is 0. The molecule has 8 nitrogen and oxygen atoms in total. The number of nitrogen functional groups attached to an aromatic ring is 1. The zero-order valence-corrected chi connectivity index (χ0v) is 11.6. The molecule has 1 aromatic rings. The van der Waals surface area contributed by atoms with Crippen molar-refractivity contribution in [2.45, 2.75) is 25.0 Å². The van der Waals surface area contributed by atoms with Crippen molar-refractivity contribution in [3.05, 3.63) is 11.9 Å². The highest BCUT2D eigenvalue weighted by molar-refractivity contribution is 5.47. The number of hydrogen-bond acceptors (Lipinski definition) is 8. The van der Waals surface area contributed by atoms with Crippen LogP contribution in [0.25, 0.3) is 0 Å². The fraction of sp³-hybridized carbons (Fsp3) is 0.667.